The van der Waals surface area contributed by atoms with E-state index in [0.717, 1.165) is 38.9 Å². The number of aryl methyl sites for hydroxylation is 2. The molecule has 0 spiro atoms. The van der Waals surface area contributed by atoms with Gasteiger partial charge in [0.1, 0.15) is 5.75 Å². The Morgan fingerprint density at radius 2 is 1.55 bits per heavy atom. The Labute approximate surface area is 130 Å². The van der Waals surface area contributed by atoms with E-state index in [-0.39, 0.29) is 0 Å². The third-order valence-corrected chi connectivity index (χ3v) is 4.01. The van der Waals surface area contributed by atoms with Gasteiger partial charge in [-0.05, 0) is 43.4 Å². The van der Waals surface area contributed by atoms with Crippen molar-refractivity contribution in [2.45, 2.75) is 20.8 Å². The van der Waals surface area contributed by atoms with Gasteiger partial charge < -0.3 is 5.11 Å². The number of aromatic hydroxyl groups is 1. The highest BCUT2D eigenvalue weighted by Gasteiger charge is 2.10. The van der Waals surface area contributed by atoms with Gasteiger partial charge in [-0.3, -0.25) is 4.99 Å². The van der Waals surface area contributed by atoms with Crippen LogP contribution in [0.1, 0.15) is 23.6 Å². The Morgan fingerprint density at radius 3 is 2.27 bits per heavy atom. The van der Waals surface area contributed by atoms with Gasteiger partial charge in [-0.15, -0.1) is 0 Å². The van der Waals surface area contributed by atoms with Crippen molar-refractivity contribution in [1.29, 1.82) is 0 Å². The molecule has 0 amide bonds. The molecule has 3 rings (SSSR count). The first-order valence-electron chi connectivity index (χ1n) is 7.40. The van der Waals surface area contributed by atoms with E-state index in [4.69, 9.17) is 4.99 Å². The van der Waals surface area contributed by atoms with Crippen LogP contribution in [0.25, 0.3) is 10.8 Å². The largest absolute Gasteiger partial charge is 0.507 e. The minimum absolute atomic E-state index is 0.297. The van der Waals surface area contributed by atoms with E-state index >= 15 is 0 Å². The lowest BCUT2D eigenvalue weighted by Crippen LogP contribution is -1.96. The lowest BCUT2D eigenvalue weighted by molar-refractivity contribution is 0.480. The van der Waals surface area contributed by atoms with Gasteiger partial charge in [0.15, 0.2) is 0 Å². The topological polar surface area (TPSA) is 32.6 Å². The molecule has 22 heavy (non-hydrogen) atoms. The summed E-state index contributed by atoms with van der Waals surface area (Å²) in [5, 5.41) is 12.4. The zero-order valence-corrected chi connectivity index (χ0v) is 13.1. The SMILES string of the molecule is CC(=Nc1c(C)cccc1C)c1ccc2ccccc2c1O. The predicted octanol–water partition coefficient (Wildman–Crippen LogP) is 5.30. The first-order valence-corrected chi connectivity index (χ1v) is 7.40. The number of fused-ring (bicyclic) bond motifs is 1. The average molecular weight is 289 g/mol. The quantitative estimate of drug-likeness (QED) is 0.638. The van der Waals surface area contributed by atoms with Crippen molar-refractivity contribution in [3.05, 3.63) is 71.3 Å². The normalized spacial score (nSPS) is 11.9. The Morgan fingerprint density at radius 1 is 0.864 bits per heavy atom. The van der Waals surface area contributed by atoms with Crippen LogP contribution in [0.15, 0.2) is 59.6 Å². The molecule has 2 nitrogen and oxygen atoms in total. The molecule has 0 aliphatic heterocycles. The molecule has 0 heterocycles. The van der Waals surface area contributed by atoms with E-state index < -0.39 is 0 Å². The Hall–Kier alpha value is -2.61. The summed E-state index contributed by atoms with van der Waals surface area (Å²) < 4.78 is 0. The fraction of sp³-hybridized carbons (Fsp3) is 0.150. The molecule has 110 valence electrons. The van der Waals surface area contributed by atoms with E-state index in [1.807, 2.05) is 49.4 Å². The van der Waals surface area contributed by atoms with Crippen molar-refractivity contribution in [3.63, 3.8) is 0 Å². The van der Waals surface area contributed by atoms with E-state index in [9.17, 15) is 5.11 Å². The second-order valence-corrected chi connectivity index (χ2v) is 5.62. The zero-order valence-electron chi connectivity index (χ0n) is 13.1. The molecule has 0 saturated heterocycles. The summed E-state index contributed by atoms with van der Waals surface area (Å²) in [4.78, 5) is 4.75. The number of hydrogen-bond acceptors (Lipinski definition) is 2. The molecule has 0 atom stereocenters. The van der Waals surface area contributed by atoms with Gasteiger partial charge in [0.25, 0.3) is 0 Å². The zero-order chi connectivity index (χ0) is 15.7. The number of rotatable bonds is 2. The first-order chi connectivity index (χ1) is 10.6. The number of phenolic OH excluding ortho intramolecular Hbond substituents is 1. The Bertz CT molecular complexity index is 858. The smallest absolute Gasteiger partial charge is 0.132 e. The maximum absolute atomic E-state index is 10.6. The first kappa shape index (κ1) is 14.3. The van der Waals surface area contributed by atoms with Crippen LogP contribution in [0, 0.1) is 13.8 Å². The highest BCUT2D eigenvalue weighted by Crippen LogP contribution is 2.31. The average Bonchev–Trinajstić information content (AvgIpc) is 2.51. The molecule has 3 aromatic rings. The van der Waals surface area contributed by atoms with Crippen LogP contribution < -0.4 is 0 Å². The van der Waals surface area contributed by atoms with Crippen LogP contribution in [0.5, 0.6) is 5.75 Å². The van der Waals surface area contributed by atoms with Crippen molar-refractivity contribution >= 4 is 22.2 Å². The molecule has 0 bridgehead atoms. The third kappa shape index (κ3) is 2.48. The van der Waals surface area contributed by atoms with Gasteiger partial charge in [0.05, 0.1) is 5.69 Å². The number of hydrogen-bond donors (Lipinski definition) is 1. The van der Waals surface area contributed by atoms with Crippen molar-refractivity contribution in [3.8, 4) is 5.75 Å². The van der Waals surface area contributed by atoms with Gasteiger partial charge >= 0.3 is 0 Å². The lowest BCUT2D eigenvalue weighted by Gasteiger charge is -2.10. The molecule has 0 aliphatic carbocycles. The number of aliphatic imine (C=N–C) groups is 1. The van der Waals surface area contributed by atoms with Crippen LogP contribution in [0.2, 0.25) is 0 Å². The summed E-state index contributed by atoms with van der Waals surface area (Å²) in [6, 6.07) is 17.9. The van der Waals surface area contributed by atoms with Gasteiger partial charge in [-0.1, -0.05) is 48.5 Å². The van der Waals surface area contributed by atoms with Crippen LogP contribution in [0.4, 0.5) is 5.69 Å². The van der Waals surface area contributed by atoms with Crippen molar-refractivity contribution in [1.82, 2.24) is 0 Å². The molecule has 3 aromatic carbocycles. The summed E-state index contributed by atoms with van der Waals surface area (Å²) in [5.41, 5.74) is 4.86. The fourth-order valence-electron chi connectivity index (χ4n) is 2.76. The lowest BCUT2D eigenvalue weighted by atomic mass is 10.0. The highest BCUT2D eigenvalue weighted by atomic mass is 16.3. The highest BCUT2D eigenvalue weighted by molar-refractivity contribution is 6.07. The van der Waals surface area contributed by atoms with Crippen LogP contribution >= 0.6 is 0 Å². The number of benzene rings is 3. The Balaban J connectivity index is 2.15. The Kier molecular flexibility index (Phi) is 3.68. The van der Waals surface area contributed by atoms with Gasteiger partial charge in [-0.25, -0.2) is 0 Å². The number of para-hydroxylation sites is 1. The summed E-state index contributed by atoms with van der Waals surface area (Å²) >= 11 is 0. The second kappa shape index (κ2) is 5.64. The maximum atomic E-state index is 10.6. The third-order valence-electron chi connectivity index (χ3n) is 4.01. The molecule has 0 aromatic heterocycles. The second-order valence-electron chi connectivity index (χ2n) is 5.62. The fourth-order valence-corrected chi connectivity index (χ4v) is 2.76. The standard InChI is InChI=1S/C20H19NO/c1-13-7-6-8-14(2)19(13)21-15(3)17-12-11-16-9-4-5-10-18(16)20(17)22/h4-12,22H,1-3H3. The summed E-state index contributed by atoms with van der Waals surface area (Å²) in [6.45, 7) is 6.05. The van der Waals surface area contributed by atoms with Gasteiger partial charge in [0.2, 0.25) is 0 Å². The van der Waals surface area contributed by atoms with E-state index in [0.29, 0.717) is 5.75 Å². The molecule has 0 aliphatic rings. The van der Waals surface area contributed by atoms with E-state index in [1.54, 1.807) is 0 Å². The minimum atomic E-state index is 0.297. The molecule has 0 saturated carbocycles. The summed E-state index contributed by atoms with van der Waals surface area (Å²) in [5.74, 6) is 0.297. The monoisotopic (exact) mass is 289 g/mol. The van der Waals surface area contributed by atoms with Crippen molar-refractivity contribution in [2.24, 2.45) is 4.99 Å². The minimum Gasteiger partial charge on any atom is -0.507 e. The number of nitrogens with zero attached hydrogens (tertiary/aromatic N) is 1. The summed E-state index contributed by atoms with van der Waals surface area (Å²) in [7, 11) is 0. The van der Waals surface area contributed by atoms with E-state index in [1.165, 1.54) is 0 Å². The maximum Gasteiger partial charge on any atom is 0.132 e. The van der Waals surface area contributed by atoms with Gasteiger partial charge in [-0.2, -0.15) is 0 Å². The molecular weight excluding hydrogens is 270 g/mol. The number of phenols is 1. The molecule has 2 heteroatoms. The van der Waals surface area contributed by atoms with Crippen LogP contribution in [0.3, 0.4) is 0 Å². The molecular formula is C20H19NO. The molecule has 1 N–H and O–H groups in total. The van der Waals surface area contributed by atoms with Crippen LogP contribution in [-0.4, -0.2) is 10.8 Å². The van der Waals surface area contributed by atoms with E-state index in [2.05, 4.69) is 26.0 Å². The predicted molar refractivity (Wildman–Crippen MR) is 93.4 cm³/mol. The van der Waals surface area contributed by atoms with Crippen LogP contribution in [-0.2, 0) is 0 Å². The molecule has 0 radical (unpaired) electrons. The van der Waals surface area contributed by atoms with Crippen molar-refractivity contribution in [2.75, 3.05) is 0 Å². The molecule has 0 fully saturated rings. The summed E-state index contributed by atoms with van der Waals surface area (Å²) in [6.07, 6.45) is 0. The van der Waals surface area contributed by atoms with Crippen molar-refractivity contribution < 1.29 is 5.11 Å². The molecule has 0 unspecified atom stereocenters. The van der Waals surface area contributed by atoms with Gasteiger partial charge in [0, 0.05) is 16.7 Å².